The Morgan fingerprint density at radius 2 is 1.62 bits per heavy atom. The van der Waals surface area contributed by atoms with E-state index in [-0.39, 0.29) is 17.2 Å². The van der Waals surface area contributed by atoms with Crippen molar-refractivity contribution < 1.29 is 28.0 Å². The van der Waals surface area contributed by atoms with Gasteiger partial charge in [0.2, 0.25) is 0 Å². The zero-order valence-corrected chi connectivity index (χ0v) is 16.3. The summed E-state index contributed by atoms with van der Waals surface area (Å²) in [5.74, 6) is -1.11. The van der Waals surface area contributed by atoms with Gasteiger partial charge in [-0.25, -0.2) is 0 Å². The third-order valence-corrected chi connectivity index (χ3v) is 5.98. The van der Waals surface area contributed by atoms with Gasteiger partial charge in [-0.1, -0.05) is 55.5 Å². The number of aryl methyl sites for hydroxylation is 1. The van der Waals surface area contributed by atoms with Crippen molar-refractivity contribution in [3.8, 4) is 5.75 Å². The SMILES string of the molecule is CC(CCc1ccccc1)C(=O)O.O=S(=O)(O)C(P)c1ccccc1O. The average molecular weight is 398 g/mol. The highest BCUT2D eigenvalue weighted by atomic mass is 32.2. The monoisotopic (exact) mass is 398 g/mol. The molecule has 2 aromatic rings. The van der Waals surface area contributed by atoms with Gasteiger partial charge in [-0.15, -0.1) is 9.24 Å². The third kappa shape index (κ3) is 7.52. The minimum absolute atomic E-state index is 0.153. The number of para-hydroxylation sites is 1. The first kappa shape index (κ1) is 22.1. The van der Waals surface area contributed by atoms with Gasteiger partial charge in [0.25, 0.3) is 10.1 Å². The average Bonchev–Trinajstić information content (AvgIpc) is 2.60. The van der Waals surface area contributed by atoms with Crippen LogP contribution in [0.3, 0.4) is 0 Å². The Kier molecular flexibility index (Phi) is 8.72. The van der Waals surface area contributed by atoms with Crippen LogP contribution in [-0.2, 0) is 21.3 Å². The van der Waals surface area contributed by atoms with Gasteiger partial charge < -0.3 is 10.2 Å². The highest BCUT2D eigenvalue weighted by Gasteiger charge is 2.22. The number of aliphatic carboxylic acids is 1. The van der Waals surface area contributed by atoms with Crippen LogP contribution in [0.4, 0.5) is 0 Å². The summed E-state index contributed by atoms with van der Waals surface area (Å²) in [6, 6.07) is 15.9. The summed E-state index contributed by atoms with van der Waals surface area (Å²) in [5.41, 5.74) is 1.37. The lowest BCUT2D eigenvalue weighted by molar-refractivity contribution is -0.141. The van der Waals surface area contributed by atoms with Crippen molar-refractivity contribution in [2.45, 2.75) is 24.8 Å². The Morgan fingerprint density at radius 3 is 2.12 bits per heavy atom. The molecule has 2 aromatic carbocycles. The van der Waals surface area contributed by atoms with Crippen LogP contribution in [0.25, 0.3) is 0 Å². The largest absolute Gasteiger partial charge is 0.508 e. The molecule has 3 N–H and O–H groups in total. The smallest absolute Gasteiger partial charge is 0.306 e. The molecule has 0 spiro atoms. The number of aromatic hydroxyl groups is 1. The fourth-order valence-electron chi connectivity index (χ4n) is 2.04. The van der Waals surface area contributed by atoms with Crippen LogP contribution >= 0.6 is 9.24 Å². The number of phenolic OH excluding ortho intramolecular Hbond substituents is 1. The lowest BCUT2D eigenvalue weighted by atomic mass is 10.0. The number of hydrogen-bond donors (Lipinski definition) is 3. The maximum atomic E-state index is 10.7. The first-order valence-electron chi connectivity index (χ1n) is 7.89. The molecule has 0 bridgehead atoms. The molecule has 6 nitrogen and oxygen atoms in total. The van der Waals surface area contributed by atoms with Crippen molar-refractivity contribution in [3.05, 3.63) is 65.7 Å². The molecular weight excluding hydrogens is 375 g/mol. The fourth-order valence-corrected chi connectivity index (χ4v) is 2.84. The molecular formula is C18H23O6PS. The molecule has 0 saturated carbocycles. The van der Waals surface area contributed by atoms with Gasteiger partial charge in [-0.3, -0.25) is 9.35 Å². The van der Waals surface area contributed by atoms with Crippen molar-refractivity contribution in [2.24, 2.45) is 5.92 Å². The van der Waals surface area contributed by atoms with E-state index in [1.807, 2.05) is 39.6 Å². The molecule has 2 rings (SSSR count). The molecule has 0 aliphatic carbocycles. The van der Waals surface area contributed by atoms with Gasteiger partial charge in [0.15, 0.2) is 0 Å². The molecule has 0 aliphatic heterocycles. The minimum atomic E-state index is -4.18. The van der Waals surface area contributed by atoms with Gasteiger partial charge >= 0.3 is 5.97 Å². The van der Waals surface area contributed by atoms with E-state index < -0.39 is 21.1 Å². The van der Waals surface area contributed by atoms with Crippen LogP contribution in [0.15, 0.2) is 54.6 Å². The predicted octanol–water partition coefficient (Wildman–Crippen LogP) is 3.49. The normalized spacial score (nSPS) is 13.2. The van der Waals surface area contributed by atoms with E-state index in [4.69, 9.17) is 9.66 Å². The maximum Gasteiger partial charge on any atom is 0.306 e. The van der Waals surface area contributed by atoms with E-state index in [9.17, 15) is 18.3 Å². The number of benzene rings is 2. The van der Waals surface area contributed by atoms with Gasteiger partial charge in [-0.05, 0) is 24.5 Å². The van der Waals surface area contributed by atoms with Gasteiger partial charge in [0, 0.05) is 5.56 Å². The van der Waals surface area contributed by atoms with Crippen molar-refractivity contribution in [1.29, 1.82) is 0 Å². The summed E-state index contributed by atoms with van der Waals surface area (Å²) in [5, 5.41) is 17.9. The number of carbonyl (C=O) groups is 1. The molecule has 8 heteroatoms. The maximum absolute atomic E-state index is 10.7. The Balaban J connectivity index is 0.000000260. The van der Waals surface area contributed by atoms with Crippen LogP contribution in [0.2, 0.25) is 0 Å². The number of carboxylic acids is 1. The molecule has 0 aromatic heterocycles. The summed E-state index contributed by atoms with van der Waals surface area (Å²) < 4.78 is 30.1. The summed E-state index contributed by atoms with van der Waals surface area (Å²) in [4.78, 5) is 9.33. The molecule has 0 heterocycles. The van der Waals surface area contributed by atoms with Crippen LogP contribution < -0.4 is 0 Å². The Morgan fingerprint density at radius 1 is 1.08 bits per heavy atom. The fraction of sp³-hybridized carbons (Fsp3) is 0.278. The number of carboxylic acid groups (broad SMARTS) is 1. The molecule has 26 heavy (non-hydrogen) atoms. The molecule has 142 valence electrons. The van der Waals surface area contributed by atoms with Crippen LogP contribution in [0.1, 0.15) is 29.5 Å². The minimum Gasteiger partial charge on any atom is -0.508 e. The first-order chi connectivity index (χ1) is 12.1. The van der Waals surface area contributed by atoms with Crippen molar-refractivity contribution >= 4 is 25.3 Å². The lowest BCUT2D eigenvalue weighted by Crippen LogP contribution is -2.10. The van der Waals surface area contributed by atoms with E-state index in [0.29, 0.717) is 6.42 Å². The topological polar surface area (TPSA) is 112 Å². The molecule has 0 radical (unpaired) electrons. The van der Waals surface area contributed by atoms with Crippen LogP contribution in [0, 0.1) is 5.92 Å². The standard InChI is InChI=1S/C11H14O2.C7H9O4PS/c1-9(11(12)13)7-8-10-5-3-2-4-6-10;8-6-4-2-1-3-5(6)7(12)13(9,10)11/h2-6,9H,7-8H2,1H3,(H,12,13);1-4,7-8H,12H2,(H,9,10,11). The van der Waals surface area contributed by atoms with Crippen molar-refractivity contribution in [3.63, 3.8) is 0 Å². The van der Waals surface area contributed by atoms with Crippen LogP contribution in [0.5, 0.6) is 5.75 Å². The molecule has 3 atom stereocenters. The Bertz CT molecular complexity index is 807. The second-order valence-electron chi connectivity index (χ2n) is 5.76. The molecule has 0 amide bonds. The molecule has 0 aliphatic rings. The van der Waals surface area contributed by atoms with E-state index in [1.54, 1.807) is 19.1 Å². The summed E-state index contributed by atoms with van der Waals surface area (Å²) >= 11 is 0. The summed E-state index contributed by atoms with van der Waals surface area (Å²) in [7, 11) is -2.22. The number of hydrogen-bond acceptors (Lipinski definition) is 4. The van der Waals surface area contributed by atoms with Gasteiger partial charge in [0.05, 0.1) is 5.92 Å². The Labute approximate surface area is 155 Å². The highest BCUT2D eigenvalue weighted by molar-refractivity contribution is 7.90. The summed E-state index contributed by atoms with van der Waals surface area (Å²) in [6.45, 7) is 1.74. The second kappa shape index (κ2) is 10.3. The van der Waals surface area contributed by atoms with E-state index in [2.05, 4.69) is 0 Å². The zero-order valence-electron chi connectivity index (χ0n) is 14.3. The zero-order chi connectivity index (χ0) is 19.7. The molecule has 3 unspecified atom stereocenters. The molecule has 0 saturated heterocycles. The van der Waals surface area contributed by atoms with E-state index in [1.165, 1.54) is 17.7 Å². The second-order valence-corrected chi connectivity index (χ2v) is 8.45. The van der Waals surface area contributed by atoms with Gasteiger partial charge in [0.1, 0.15) is 10.7 Å². The number of rotatable bonds is 6. The highest BCUT2D eigenvalue weighted by Crippen LogP contribution is 2.33. The Hall–Kier alpha value is -1.95. The van der Waals surface area contributed by atoms with Crippen molar-refractivity contribution in [1.82, 2.24) is 0 Å². The first-order valence-corrected chi connectivity index (χ1v) is 10.1. The third-order valence-electron chi connectivity index (χ3n) is 3.69. The van der Waals surface area contributed by atoms with Crippen molar-refractivity contribution in [2.75, 3.05) is 0 Å². The summed E-state index contributed by atoms with van der Waals surface area (Å²) in [6.07, 6.45) is 1.55. The quantitative estimate of drug-likeness (QED) is 0.507. The van der Waals surface area contributed by atoms with Gasteiger partial charge in [-0.2, -0.15) is 8.42 Å². The lowest BCUT2D eigenvalue weighted by Gasteiger charge is -2.09. The molecule has 0 fully saturated rings. The van der Waals surface area contributed by atoms with Crippen LogP contribution in [-0.4, -0.2) is 29.2 Å². The number of phenols is 1. The predicted molar refractivity (Wildman–Crippen MR) is 104 cm³/mol. The van der Waals surface area contributed by atoms with E-state index in [0.717, 1.165) is 6.42 Å². The van der Waals surface area contributed by atoms with E-state index >= 15 is 0 Å².